The van der Waals surface area contributed by atoms with Crippen LogP contribution >= 0.6 is 0 Å². The molecule has 4 aromatic rings. The molecular formula is C34H14F2N4. The van der Waals surface area contributed by atoms with E-state index in [0.717, 1.165) is 22.3 Å². The number of nitriles is 4. The van der Waals surface area contributed by atoms with Gasteiger partial charge in [-0.15, -0.1) is 0 Å². The Morgan fingerprint density at radius 3 is 1.07 bits per heavy atom. The normalized spacial score (nSPS) is 12.4. The summed E-state index contributed by atoms with van der Waals surface area (Å²) in [6, 6.07) is 31.1. The van der Waals surface area contributed by atoms with Crippen molar-refractivity contribution in [2.75, 3.05) is 0 Å². The summed E-state index contributed by atoms with van der Waals surface area (Å²) in [5, 5.41) is 39.7. The summed E-state index contributed by atoms with van der Waals surface area (Å²) in [4.78, 5) is 0. The average Bonchev–Trinajstić information content (AvgIpc) is 3.48. The highest BCUT2D eigenvalue weighted by Gasteiger charge is 2.40. The van der Waals surface area contributed by atoms with E-state index in [-0.39, 0.29) is 22.8 Å². The summed E-state index contributed by atoms with van der Waals surface area (Å²) in [5.41, 5.74) is 7.41. The molecule has 0 spiro atoms. The minimum absolute atomic E-state index is 0.101. The first-order chi connectivity index (χ1) is 19.5. The van der Waals surface area contributed by atoms with Crippen molar-refractivity contribution in [3.05, 3.63) is 130 Å². The predicted octanol–water partition coefficient (Wildman–Crippen LogP) is 7.84. The molecule has 4 nitrogen and oxygen atoms in total. The lowest BCUT2D eigenvalue weighted by atomic mass is 9.87. The second-order valence-corrected chi connectivity index (χ2v) is 9.23. The molecule has 0 heterocycles. The van der Waals surface area contributed by atoms with Gasteiger partial charge in [0, 0.05) is 22.3 Å². The molecule has 0 unspecified atom stereocenters. The zero-order chi connectivity index (χ0) is 28.0. The van der Waals surface area contributed by atoms with Gasteiger partial charge in [-0.2, -0.15) is 21.0 Å². The van der Waals surface area contributed by atoms with Crippen LogP contribution in [-0.2, 0) is 0 Å². The number of halogens is 2. The quantitative estimate of drug-likeness (QED) is 0.254. The Kier molecular flexibility index (Phi) is 5.67. The molecule has 4 aromatic carbocycles. The molecule has 0 saturated carbocycles. The number of rotatable bonds is 2. The van der Waals surface area contributed by atoms with Gasteiger partial charge >= 0.3 is 0 Å². The van der Waals surface area contributed by atoms with Crippen LogP contribution in [0.25, 0.3) is 44.5 Å². The number of hydrogen-bond acceptors (Lipinski definition) is 4. The first-order valence-corrected chi connectivity index (χ1v) is 12.1. The number of hydrogen-bond donors (Lipinski definition) is 0. The average molecular weight is 517 g/mol. The molecule has 40 heavy (non-hydrogen) atoms. The van der Waals surface area contributed by atoms with Crippen molar-refractivity contribution in [2.24, 2.45) is 0 Å². The molecule has 0 atom stereocenters. The van der Waals surface area contributed by atoms with E-state index in [2.05, 4.69) is 0 Å². The molecule has 0 bridgehead atoms. The lowest BCUT2D eigenvalue weighted by Gasteiger charge is -2.14. The third kappa shape index (κ3) is 3.61. The summed E-state index contributed by atoms with van der Waals surface area (Å²) in [7, 11) is 0. The van der Waals surface area contributed by atoms with Crippen LogP contribution in [0.4, 0.5) is 8.78 Å². The van der Waals surface area contributed by atoms with Crippen molar-refractivity contribution in [3.63, 3.8) is 0 Å². The fourth-order valence-corrected chi connectivity index (χ4v) is 5.43. The van der Waals surface area contributed by atoms with Crippen LogP contribution in [0, 0.1) is 57.0 Å². The summed E-state index contributed by atoms with van der Waals surface area (Å²) in [5.74, 6) is -0.734. The van der Waals surface area contributed by atoms with Crippen LogP contribution in [0.2, 0.25) is 0 Å². The molecule has 6 heteroatoms. The molecule has 0 aliphatic heterocycles. The largest absolute Gasteiger partial charge is 0.207 e. The van der Waals surface area contributed by atoms with Crippen molar-refractivity contribution >= 4 is 22.3 Å². The van der Waals surface area contributed by atoms with Gasteiger partial charge in [-0.25, -0.2) is 8.78 Å². The minimum Gasteiger partial charge on any atom is -0.207 e. The third-order valence-corrected chi connectivity index (χ3v) is 7.17. The maximum Gasteiger partial charge on any atom is 0.138 e. The number of nitrogens with zero attached hydrogens (tertiary/aromatic N) is 4. The monoisotopic (exact) mass is 516 g/mol. The van der Waals surface area contributed by atoms with E-state index in [1.807, 2.05) is 48.5 Å². The second kappa shape index (κ2) is 9.34. The number of benzene rings is 4. The molecule has 0 aromatic heterocycles. The Morgan fingerprint density at radius 1 is 0.425 bits per heavy atom. The van der Waals surface area contributed by atoms with E-state index in [9.17, 15) is 29.8 Å². The van der Waals surface area contributed by atoms with Gasteiger partial charge in [-0.3, -0.25) is 0 Å². The highest BCUT2D eigenvalue weighted by Crippen LogP contribution is 2.59. The van der Waals surface area contributed by atoms with Gasteiger partial charge in [0.2, 0.25) is 0 Å². The minimum atomic E-state index is -0.367. The van der Waals surface area contributed by atoms with Crippen LogP contribution in [0.15, 0.2) is 96.1 Å². The SMILES string of the molecule is N#CC(C#N)=C1C2=C(C(=C(C#N)C#N)c3ccc(-c4ccc(F)cc4)cc32)c2cc(-c3ccc(F)cc3)ccc21. The van der Waals surface area contributed by atoms with E-state index in [4.69, 9.17) is 0 Å². The highest BCUT2D eigenvalue weighted by molar-refractivity contribution is 6.38. The van der Waals surface area contributed by atoms with Gasteiger partial charge in [0.1, 0.15) is 47.1 Å². The topological polar surface area (TPSA) is 95.2 Å². The fourth-order valence-electron chi connectivity index (χ4n) is 5.43. The zero-order valence-electron chi connectivity index (χ0n) is 20.6. The second-order valence-electron chi connectivity index (χ2n) is 9.23. The van der Waals surface area contributed by atoms with Crippen LogP contribution in [0.5, 0.6) is 0 Å². The van der Waals surface area contributed by atoms with Crippen molar-refractivity contribution in [1.82, 2.24) is 0 Å². The molecule has 0 amide bonds. The van der Waals surface area contributed by atoms with Crippen molar-refractivity contribution in [1.29, 1.82) is 21.0 Å². The molecule has 0 fully saturated rings. The van der Waals surface area contributed by atoms with Gasteiger partial charge in [0.05, 0.1) is 0 Å². The Hall–Kier alpha value is -6.08. The molecule has 0 radical (unpaired) electrons. The van der Waals surface area contributed by atoms with Gasteiger partial charge in [-0.1, -0.05) is 48.5 Å². The molecular weight excluding hydrogens is 502 g/mol. The van der Waals surface area contributed by atoms with E-state index < -0.39 is 0 Å². The summed E-state index contributed by atoms with van der Waals surface area (Å²) in [6.45, 7) is 0. The van der Waals surface area contributed by atoms with Crippen molar-refractivity contribution in [2.45, 2.75) is 0 Å². The van der Waals surface area contributed by atoms with Crippen molar-refractivity contribution in [3.8, 4) is 46.5 Å². The molecule has 2 aliphatic carbocycles. The molecule has 0 N–H and O–H groups in total. The van der Waals surface area contributed by atoms with Gasteiger partial charge in [0.15, 0.2) is 0 Å². The highest BCUT2D eigenvalue weighted by atomic mass is 19.1. The first kappa shape index (κ1) is 24.3. The maximum absolute atomic E-state index is 13.6. The van der Waals surface area contributed by atoms with Crippen LogP contribution < -0.4 is 0 Å². The van der Waals surface area contributed by atoms with Crippen molar-refractivity contribution < 1.29 is 8.78 Å². The van der Waals surface area contributed by atoms with Crippen LogP contribution in [0.3, 0.4) is 0 Å². The van der Waals surface area contributed by atoms with E-state index in [0.29, 0.717) is 44.5 Å². The molecule has 184 valence electrons. The number of allylic oxidation sites excluding steroid dienone is 6. The maximum atomic E-state index is 13.6. The standard InChI is InChI=1S/C34H14F2N4/c35-25-7-1-19(2-8-25)21-5-11-27-29(13-21)33-32(24(17-39)18-40)28-12-6-22(20-3-9-26(36)10-4-20)14-30(28)34(33)31(27)23(15-37)16-38/h1-14H. The molecule has 6 rings (SSSR count). The van der Waals surface area contributed by atoms with Crippen LogP contribution in [-0.4, -0.2) is 0 Å². The Morgan fingerprint density at radius 2 is 0.750 bits per heavy atom. The van der Waals surface area contributed by atoms with E-state index >= 15 is 0 Å². The number of fused-ring (bicyclic) bond motifs is 4. The Labute approximate surface area is 228 Å². The Balaban J connectivity index is 1.70. The summed E-state index contributed by atoms with van der Waals surface area (Å²) in [6.07, 6.45) is 0. The van der Waals surface area contributed by atoms with Gasteiger partial charge < -0.3 is 0 Å². The van der Waals surface area contributed by atoms with E-state index in [1.165, 1.54) is 24.3 Å². The smallest absolute Gasteiger partial charge is 0.138 e. The zero-order valence-corrected chi connectivity index (χ0v) is 20.6. The van der Waals surface area contributed by atoms with Gasteiger partial charge in [0.25, 0.3) is 0 Å². The first-order valence-electron chi connectivity index (χ1n) is 12.1. The van der Waals surface area contributed by atoms with Crippen LogP contribution in [0.1, 0.15) is 22.3 Å². The van der Waals surface area contributed by atoms with E-state index in [1.54, 1.807) is 36.4 Å². The third-order valence-electron chi connectivity index (χ3n) is 7.17. The summed E-state index contributed by atoms with van der Waals surface area (Å²) >= 11 is 0. The van der Waals surface area contributed by atoms with Gasteiger partial charge in [-0.05, 0) is 80.9 Å². The molecule has 0 saturated heterocycles. The lowest BCUT2D eigenvalue weighted by Crippen LogP contribution is -1.96. The molecule has 2 aliphatic rings. The predicted molar refractivity (Wildman–Crippen MR) is 147 cm³/mol. The fraction of sp³-hybridized carbons (Fsp3) is 0. The Bertz CT molecular complexity index is 1850. The summed E-state index contributed by atoms with van der Waals surface area (Å²) < 4.78 is 27.2. The lowest BCUT2D eigenvalue weighted by molar-refractivity contribution is 0.627.